The number of nitrogens with two attached hydrogens (primary N) is 1. The number of rotatable bonds is 1. The molecule has 0 unspecified atom stereocenters. The van der Waals surface area contributed by atoms with Gasteiger partial charge in [-0.15, -0.1) is 0 Å². The van der Waals surface area contributed by atoms with E-state index in [0.717, 1.165) is 22.4 Å². The van der Waals surface area contributed by atoms with Crippen LogP contribution in [0.3, 0.4) is 0 Å². The standard InChI is InChI=1S/C13H10ClN3/c14-10-7-8(15)5-6-9(10)13-16-11-3-1-2-4-12(11)17-13/h1-7H,15H2,(H,16,17). The van der Waals surface area contributed by atoms with Gasteiger partial charge in [-0.2, -0.15) is 0 Å². The van der Waals surface area contributed by atoms with Crippen LogP contribution >= 0.6 is 11.6 Å². The second kappa shape index (κ2) is 3.79. The van der Waals surface area contributed by atoms with E-state index in [1.807, 2.05) is 36.4 Å². The van der Waals surface area contributed by atoms with Crippen LogP contribution in [-0.4, -0.2) is 9.97 Å². The number of anilines is 1. The molecule has 2 aromatic carbocycles. The Bertz CT molecular complexity index is 655. The smallest absolute Gasteiger partial charge is 0.139 e. The average molecular weight is 244 g/mol. The number of nitrogens with one attached hydrogen (secondary N) is 1. The molecular formula is C13H10ClN3. The minimum atomic E-state index is 0.601. The summed E-state index contributed by atoms with van der Waals surface area (Å²) in [6.45, 7) is 0. The van der Waals surface area contributed by atoms with E-state index in [2.05, 4.69) is 9.97 Å². The second-order valence-corrected chi connectivity index (χ2v) is 4.25. The normalized spacial score (nSPS) is 10.9. The number of hydrogen-bond donors (Lipinski definition) is 2. The highest BCUT2D eigenvalue weighted by molar-refractivity contribution is 6.33. The number of H-pyrrole nitrogens is 1. The predicted octanol–water partition coefficient (Wildman–Crippen LogP) is 3.47. The summed E-state index contributed by atoms with van der Waals surface area (Å²) >= 11 is 6.15. The van der Waals surface area contributed by atoms with E-state index in [1.165, 1.54) is 0 Å². The van der Waals surface area contributed by atoms with Crippen molar-refractivity contribution in [3.63, 3.8) is 0 Å². The Labute approximate surface area is 103 Å². The summed E-state index contributed by atoms with van der Waals surface area (Å²) in [6.07, 6.45) is 0. The fourth-order valence-corrected chi connectivity index (χ4v) is 2.08. The van der Waals surface area contributed by atoms with Gasteiger partial charge in [-0.25, -0.2) is 4.98 Å². The van der Waals surface area contributed by atoms with Crippen molar-refractivity contribution in [3.8, 4) is 11.4 Å². The number of aromatic nitrogens is 2. The van der Waals surface area contributed by atoms with Crippen molar-refractivity contribution in [1.29, 1.82) is 0 Å². The molecule has 4 heteroatoms. The van der Waals surface area contributed by atoms with Gasteiger partial charge >= 0.3 is 0 Å². The van der Waals surface area contributed by atoms with E-state index in [-0.39, 0.29) is 0 Å². The summed E-state index contributed by atoms with van der Waals surface area (Å²) in [5.74, 6) is 0.760. The van der Waals surface area contributed by atoms with Crippen molar-refractivity contribution in [2.45, 2.75) is 0 Å². The van der Waals surface area contributed by atoms with E-state index >= 15 is 0 Å². The molecule has 0 saturated carbocycles. The first kappa shape index (κ1) is 10.2. The maximum absolute atomic E-state index is 6.15. The van der Waals surface area contributed by atoms with E-state index in [4.69, 9.17) is 17.3 Å². The molecule has 1 aromatic heterocycles. The van der Waals surface area contributed by atoms with Crippen LogP contribution in [0.2, 0.25) is 5.02 Å². The lowest BCUT2D eigenvalue weighted by molar-refractivity contribution is 1.34. The number of fused-ring (bicyclic) bond motifs is 1. The Hall–Kier alpha value is -2.00. The molecule has 3 N–H and O–H groups in total. The number of hydrogen-bond acceptors (Lipinski definition) is 2. The fraction of sp³-hybridized carbons (Fsp3) is 0. The predicted molar refractivity (Wildman–Crippen MR) is 71.0 cm³/mol. The molecule has 0 bridgehead atoms. The molecule has 0 aliphatic heterocycles. The molecule has 0 aliphatic carbocycles. The third kappa shape index (κ3) is 1.74. The van der Waals surface area contributed by atoms with E-state index in [0.29, 0.717) is 10.7 Å². The maximum atomic E-state index is 6.15. The highest BCUT2D eigenvalue weighted by atomic mass is 35.5. The minimum absolute atomic E-state index is 0.601. The Morgan fingerprint density at radius 3 is 2.71 bits per heavy atom. The lowest BCUT2D eigenvalue weighted by Crippen LogP contribution is -1.87. The molecule has 0 amide bonds. The molecule has 17 heavy (non-hydrogen) atoms. The van der Waals surface area contributed by atoms with Gasteiger partial charge in [-0.3, -0.25) is 0 Å². The zero-order chi connectivity index (χ0) is 11.8. The van der Waals surface area contributed by atoms with Gasteiger partial charge in [-0.05, 0) is 30.3 Å². The van der Waals surface area contributed by atoms with Crippen molar-refractivity contribution >= 4 is 28.3 Å². The Balaban J connectivity index is 2.20. The lowest BCUT2D eigenvalue weighted by Gasteiger charge is -2.01. The monoisotopic (exact) mass is 243 g/mol. The number of aromatic amines is 1. The van der Waals surface area contributed by atoms with Gasteiger partial charge in [0.1, 0.15) is 5.82 Å². The lowest BCUT2D eigenvalue weighted by atomic mass is 10.2. The summed E-state index contributed by atoms with van der Waals surface area (Å²) in [5, 5.41) is 0.601. The largest absolute Gasteiger partial charge is 0.399 e. The highest BCUT2D eigenvalue weighted by Gasteiger charge is 2.08. The maximum Gasteiger partial charge on any atom is 0.139 e. The van der Waals surface area contributed by atoms with Crippen molar-refractivity contribution in [2.75, 3.05) is 5.73 Å². The first-order valence-electron chi connectivity index (χ1n) is 5.24. The van der Waals surface area contributed by atoms with Crippen LogP contribution in [0.4, 0.5) is 5.69 Å². The number of halogens is 1. The molecule has 0 aliphatic rings. The molecule has 0 spiro atoms. The van der Waals surface area contributed by atoms with Gasteiger partial charge in [0.2, 0.25) is 0 Å². The zero-order valence-electron chi connectivity index (χ0n) is 8.94. The summed E-state index contributed by atoms with van der Waals surface area (Å²) in [7, 11) is 0. The molecular weight excluding hydrogens is 234 g/mol. The summed E-state index contributed by atoms with van der Waals surface area (Å²) < 4.78 is 0. The number of benzene rings is 2. The summed E-state index contributed by atoms with van der Waals surface area (Å²) in [5.41, 5.74) is 9.09. The molecule has 0 fully saturated rings. The SMILES string of the molecule is Nc1ccc(-c2nc3ccccc3[nH]2)c(Cl)c1. The van der Waals surface area contributed by atoms with Gasteiger partial charge in [0.25, 0.3) is 0 Å². The number of para-hydroxylation sites is 2. The van der Waals surface area contributed by atoms with Gasteiger partial charge in [0.05, 0.1) is 16.1 Å². The molecule has 84 valence electrons. The van der Waals surface area contributed by atoms with Crippen molar-refractivity contribution in [3.05, 3.63) is 47.5 Å². The van der Waals surface area contributed by atoms with Crippen LogP contribution in [0.5, 0.6) is 0 Å². The third-order valence-corrected chi connectivity index (χ3v) is 2.95. The highest BCUT2D eigenvalue weighted by Crippen LogP contribution is 2.28. The molecule has 3 aromatic rings. The van der Waals surface area contributed by atoms with Crippen molar-refractivity contribution in [2.24, 2.45) is 0 Å². The minimum Gasteiger partial charge on any atom is -0.399 e. The zero-order valence-corrected chi connectivity index (χ0v) is 9.70. The van der Waals surface area contributed by atoms with Crippen molar-refractivity contribution < 1.29 is 0 Å². The second-order valence-electron chi connectivity index (χ2n) is 3.84. The van der Waals surface area contributed by atoms with Gasteiger partial charge < -0.3 is 10.7 Å². The Morgan fingerprint density at radius 1 is 1.12 bits per heavy atom. The molecule has 0 saturated heterocycles. The molecule has 3 nitrogen and oxygen atoms in total. The third-order valence-electron chi connectivity index (χ3n) is 2.64. The van der Waals surface area contributed by atoms with E-state index < -0.39 is 0 Å². The van der Waals surface area contributed by atoms with E-state index in [9.17, 15) is 0 Å². The molecule has 1 heterocycles. The first-order chi connectivity index (χ1) is 8.24. The first-order valence-corrected chi connectivity index (χ1v) is 5.62. The van der Waals surface area contributed by atoms with Gasteiger partial charge in [0.15, 0.2) is 0 Å². The molecule has 0 radical (unpaired) electrons. The van der Waals surface area contributed by atoms with Crippen LogP contribution < -0.4 is 5.73 Å². The fourth-order valence-electron chi connectivity index (χ4n) is 1.80. The van der Waals surface area contributed by atoms with Crippen LogP contribution in [0.15, 0.2) is 42.5 Å². The summed E-state index contributed by atoms with van der Waals surface area (Å²) in [6, 6.07) is 13.3. The van der Waals surface area contributed by atoms with Crippen LogP contribution in [0.25, 0.3) is 22.4 Å². The topological polar surface area (TPSA) is 54.7 Å². The number of nitrogen functional groups attached to an aromatic ring is 1. The Morgan fingerprint density at radius 2 is 1.94 bits per heavy atom. The van der Waals surface area contributed by atoms with Gasteiger partial charge in [-0.1, -0.05) is 23.7 Å². The van der Waals surface area contributed by atoms with Crippen LogP contribution in [0.1, 0.15) is 0 Å². The number of nitrogens with zero attached hydrogens (tertiary/aromatic N) is 1. The van der Waals surface area contributed by atoms with Crippen LogP contribution in [-0.2, 0) is 0 Å². The average Bonchev–Trinajstić information content (AvgIpc) is 2.72. The van der Waals surface area contributed by atoms with E-state index in [1.54, 1.807) is 6.07 Å². The Kier molecular flexibility index (Phi) is 2.27. The summed E-state index contributed by atoms with van der Waals surface area (Å²) in [4.78, 5) is 7.73. The molecule has 0 atom stereocenters. The van der Waals surface area contributed by atoms with Gasteiger partial charge in [0, 0.05) is 11.3 Å². The molecule has 3 rings (SSSR count). The number of imidazole rings is 1. The van der Waals surface area contributed by atoms with Crippen molar-refractivity contribution in [1.82, 2.24) is 9.97 Å². The van der Waals surface area contributed by atoms with Crippen LogP contribution in [0, 0.1) is 0 Å². The quantitative estimate of drug-likeness (QED) is 0.643.